The van der Waals surface area contributed by atoms with E-state index in [1.165, 1.54) is 0 Å². The van der Waals surface area contributed by atoms with E-state index in [2.05, 4.69) is 22.5 Å². The van der Waals surface area contributed by atoms with E-state index >= 15 is 0 Å². The second kappa shape index (κ2) is 8.72. The molecule has 0 spiro atoms. The van der Waals surface area contributed by atoms with Crippen molar-refractivity contribution in [3.63, 3.8) is 0 Å². The lowest BCUT2D eigenvalue weighted by atomic mass is 10.2. The van der Waals surface area contributed by atoms with Gasteiger partial charge in [-0.1, -0.05) is 35.6 Å². The second-order valence-electron chi connectivity index (χ2n) is 4.69. The normalized spacial score (nSPS) is 9.48. The van der Waals surface area contributed by atoms with Gasteiger partial charge in [0.25, 0.3) is 0 Å². The lowest BCUT2D eigenvalue weighted by molar-refractivity contribution is 0.241. The van der Waals surface area contributed by atoms with Crippen LogP contribution in [-0.2, 0) is 6.54 Å². The van der Waals surface area contributed by atoms with E-state index in [1.54, 1.807) is 19.2 Å². The van der Waals surface area contributed by atoms with E-state index < -0.39 is 0 Å². The van der Waals surface area contributed by atoms with Crippen LogP contribution in [0.4, 0.5) is 4.79 Å². The summed E-state index contributed by atoms with van der Waals surface area (Å²) in [5.74, 6) is 6.65. The maximum Gasteiger partial charge on any atom is 0.315 e. The third-order valence-electron chi connectivity index (χ3n) is 3.03. The van der Waals surface area contributed by atoms with Crippen LogP contribution in [0.5, 0.6) is 5.75 Å². The number of rotatable bonds is 4. The Labute approximate surface area is 140 Å². The zero-order valence-corrected chi connectivity index (χ0v) is 13.5. The van der Waals surface area contributed by atoms with Crippen LogP contribution in [0.3, 0.4) is 0 Å². The van der Waals surface area contributed by atoms with Crippen molar-refractivity contribution in [2.75, 3.05) is 13.7 Å². The van der Waals surface area contributed by atoms with Crippen LogP contribution in [0.15, 0.2) is 48.5 Å². The van der Waals surface area contributed by atoms with Crippen molar-refractivity contribution >= 4 is 17.6 Å². The van der Waals surface area contributed by atoms with E-state index in [1.807, 2.05) is 36.4 Å². The van der Waals surface area contributed by atoms with Crippen molar-refractivity contribution in [1.29, 1.82) is 0 Å². The molecule has 0 aliphatic rings. The number of benzene rings is 2. The number of hydrogen-bond acceptors (Lipinski definition) is 2. The zero-order valence-electron chi connectivity index (χ0n) is 12.7. The summed E-state index contributed by atoms with van der Waals surface area (Å²) in [5, 5.41) is 6.11. The molecule has 23 heavy (non-hydrogen) atoms. The lowest BCUT2D eigenvalue weighted by Crippen LogP contribution is -2.35. The number of methoxy groups -OCH3 is 1. The summed E-state index contributed by atoms with van der Waals surface area (Å²) < 4.78 is 5.08. The van der Waals surface area contributed by atoms with E-state index in [0.717, 1.165) is 16.9 Å². The zero-order chi connectivity index (χ0) is 16.5. The van der Waals surface area contributed by atoms with E-state index in [9.17, 15) is 4.79 Å². The number of halogens is 1. The van der Waals surface area contributed by atoms with Crippen molar-refractivity contribution in [3.8, 4) is 17.6 Å². The summed E-state index contributed by atoms with van der Waals surface area (Å²) in [4.78, 5) is 11.6. The minimum atomic E-state index is -0.260. The number of carbonyl (C=O) groups is 1. The molecule has 4 nitrogen and oxygen atoms in total. The standard InChI is InChI=1S/C18H17ClN2O2/c1-23-17-10-6-14(7-11-17)3-2-12-20-18(22)21-13-15-4-8-16(19)9-5-15/h4-11H,12-13H2,1H3,(H2,20,21,22). The minimum absolute atomic E-state index is 0.260. The van der Waals surface area contributed by atoms with Gasteiger partial charge in [-0.15, -0.1) is 0 Å². The molecule has 5 heteroatoms. The fourth-order valence-corrected chi connectivity index (χ4v) is 1.92. The largest absolute Gasteiger partial charge is 0.497 e. The maximum absolute atomic E-state index is 11.6. The van der Waals surface area contributed by atoms with Crippen molar-refractivity contribution in [1.82, 2.24) is 10.6 Å². The highest BCUT2D eigenvalue weighted by Gasteiger charge is 1.98. The predicted molar refractivity (Wildman–Crippen MR) is 91.6 cm³/mol. The molecule has 0 radical (unpaired) electrons. The Morgan fingerprint density at radius 2 is 1.78 bits per heavy atom. The Morgan fingerprint density at radius 3 is 2.43 bits per heavy atom. The molecule has 0 fully saturated rings. The van der Waals surface area contributed by atoms with Crippen LogP contribution in [0.25, 0.3) is 0 Å². The molecule has 0 aromatic heterocycles. The van der Waals surface area contributed by atoms with Crippen molar-refractivity contribution < 1.29 is 9.53 Å². The summed E-state index contributed by atoms with van der Waals surface area (Å²) in [6.07, 6.45) is 0. The van der Waals surface area contributed by atoms with E-state index in [-0.39, 0.29) is 12.6 Å². The number of amides is 2. The minimum Gasteiger partial charge on any atom is -0.497 e. The number of nitrogens with one attached hydrogen (secondary N) is 2. The van der Waals surface area contributed by atoms with Gasteiger partial charge in [0.2, 0.25) is 0 Å². The Bertz CT molecular complexity index is 701. The molecular weight excluding hydrogens is 312 g/mol. The Balaban J connectivity index is 1.72. The summed E-state index contributed by atoms with van der Waals surface area (Å²) in [5.41, 5.74) is 1.85. The predicted octanol–water partition coefficient (Wildman–Crippen LogP) is 3.20. The smallest absolute Gasteiger partial charge is 0.315 e. The molecule has 2 amide bonds. The number of hydrogen-bond donors (Lipinski definition) is 2. The monoisotopic (exact) mass is 328 g/mol. The van der Waals surface area contributed by atoms with E-state index in [4.69, 9.17) is 16.3 Å². The van der Waals surface area contributed by atoms with Gasteiger partial charge in [-0.3, -0.25) is 0 Å². The first-order valence-electron chi connectivity index (χ1n) is 7.06. The molecule has 0 aliphatic carbocycles. The van der Waals surface area contributed by atoms with Crippen LogP contribution < -0.4 is 15.4 Å². The summed E-state index contributed by atoms with van der Waals surface area (Å²) in [7, 11) is 1.62. The highest BCUT2D eigenvalue weighted by molar-refractivity contribution is 6.30. The fraction of sp³-hybridized carbons (Fsp3) is 0.167. The Morgan fingerprint density at radius 1 is 1.09 bits per heavy atom. The lowest BCUT2D eigenvalue weighted by Gasteiger charge is -2.05. The third kappa shape index (κ3) is 5.93. The van der Waals surface area contributed by atoms with Gasteiger partial charge in [0.1, 0.15) is 5.75 Å². The molecule has 118 valence electrons. The van der Waals surface area contributed by atoms with Gasteiger partial charge in [0, 0.05) is 17.1 Å². The summed E-state index contributed by atoms with van der Waals surface area (Å²) in [6, 6.07) is 14.5. The van der Waals surface area contributed by atoms with Gasteiger partial charge in [-0.2, -0.15) is 0 Å². The van der Waals surface area contributed by atoms with Gasteiger partial charge < -0.3 is 15.4 Å². The highest BCUT2D eigenvalue weighted by Crippen LogP contribution is 2.10. The SMILES string of the molecule is COc1ccc(C#CCNC(=O)NCc2ccc(Cl)cc2)cc1. The van der Waals surface area contributed by atoms with Crippen molar-refractivity contribution in [2.45, 2.75) is 6.54 Å². The molecule has 0 saturated carbocycles. The fourth-order valence-electron chi connectivity index (χ4n) is 1.79. The van der Waals surface area contributed by atoms with Gasteiger partial charge in [-0.05, 0) is 42.0 Å². The average molecular weight is 329 g/mol. The number of urea groups is 1. The Kier molecular flexibility index (Phi) is 6.34. The number of ether oxygens (including phenoxy) is 1. The Hall–Kier alpha value is -2.64. The molecule has 0 saturated heterocycles. The molecule has 2 aromatic carbocycles. The van der Waals surface area contributed by atoms with Crippen LogP contribution in [0, 0.1) is 11.8 Å². The first-order valence-corrected chi connectivity index (χ1v) is 7.44. The van der Waals surface area contributed by atoms with Crippen LogP contribution >= 0.6 is 11.6 Å². The van der Waals surface area contributed by atoms with Gasteiger partial charge >= 0.3 is 6.03 Å². The molecule has 2 aromatic rings. The third-order valence-corrected chi connectivity index (χ3v) is 3.28. The molecular formula is C18H17ClN2O2. The quantitative estimate of drug-likeness (QED) is 0.847. The maximum atomic E-state index is 11.6. The van der Waals surface area contributed by atoms with Crippen LogP contribution in [0.2, 0.25) is 5.02 Å². The van der Waals surface area contributed by atoms with Crippen LogP contribution in [-0.4, -0.2) is 19.7 Å². The molecule has 0 atom stereocenters. The average Bonchev–Trinajstić information content (AvgIpc) is 2.59. The number of carbonyl (C=O) groups excluding carboxylic acids is 1. The van der Waals surface area contributed by atoms with Crippen molar-refractivity contribution in [3.05, 3.63) is 64.7 Å². The molecule has 0 aliphatic heterocycles. The summed E-state index contributed by atoms with van der Waals surface area (Å²) >= 11 is 5.80. The molecule has 0 bridgehead atoms. The van der Waals surface area contributed by atoms with Gasteiger partial charge in [0.05, 0.1) is 13.7 Å². The molecule has 2 N–H and O–H groups in total. The van der Waals surface area contributed by atoms with Crippen LogP contribution in [0.1, 0.15) is 11.1 Å². The molecule has 2 rings (SSSR count). The topological polar surface area (TPSA) is 50.4 Å². The molecule has 0 heterocycles. The first-order chi connectivity index (χ1) is 11.2. The highest BCUT2D eigenvalue weighted by atomic mass is 35.5. The van der Waals surface area contributed by atoms with Gasteiger partial charge in [-0.25, -0.2) is 4.79 Å². The first kappa shape index (κ1) is 16.7. The molecule has 0 unspecified atom stereocenters. The summed E-state index contributed by atoms with van der Waals surface area (Å²) in [6.45, 7) is 0.716. The van der Waals surface area contributed by atoms with E-state index in [0.29, 0.717) is 11.6 Å². The second-order valence-corrected chi connectivity index (χ2v) is 5.13. The van der Waals surface area contributed by atoms with Gasteiger partial charge in [0.15, 0.2) is 0 Å². The van der Waals surface area contributed by atoms with Crippen molar-refractivity contribution in [2.24, 2.45) is 0 Å².